The van der Waals surface area contributed by atoms with E-state index >= 15 is 0 Å². The first kappa shape index (κ1) is 9.26. The van der Waals surface area contributed by atoms with Crippen LogP contribution in [0.4, 0.5) is 0 Å². The molecule has 2 unspecified atom stereocenters. The van der Waals surface area contributed by atoms with Crippen LogP contribution in [0.15, 0.2) is 12.1 Å². The summed E-state index contributed by atoms with van der Waals surface area (Å²) in [6.07, 6.45) is 3.82. The fourth-order valence-electron chi connectivity index (χ4n) is 3.36. The second-order valence-corrected chi connectivity index (χ2v) is 5.36. The van der Waals surface area contributed by atoms with Crippen LogP contribution < -0.4 is 4.74 Å². The van der Waals surface area contributed by atoms with E-state index in [1.54, 1.807) is 0 Å². The molecular weight excluding hydrogens is 184 g/mol. The van der Waals surface area contributed by atoms with Crippen molar-refractivity contribution in [3.8, 4) is 5.75 Å². The molecule has 3 rings (SSSR count). The molecule has 1 aliphatic heterocycles. The van der Waals surface area contributed by atoms with Gasteiger partial charge in [-0.1, -0.05) is 17.7 Å². The number of hydrogen-bond acceptors (Lipinski definition) is 1. The average molecular weight is 202 g/mol. The highest BCUT2D eigenvalue weighted by molar-refractivity contribution is 5.51. The number of rotatable bonds is 0. The fraction of sp³-hybridized carbons (Fsp3) is 0.571. The summed E-state index contributed by atoms with van der Waals surface area (Å²) >= 11 is 0. The van der Waals surface area contributed by atoms with Crippen molar-refractivity contribution in [2.24, 2.45) is 0 Å². The summed E-state index contributed by atoms with van der Waals surface area (Å²) in [5.74, 6) is 1.82. The van der Waals surface area contributed by atoms with Crippen molar-refractivity contribution >= 4 is 0 Å². The van der Waals surface area contributed by atoms with Gasteiger partial charge in [0.2, 0.25) is 0 Å². The zero-order valence-corrected chi connectivity index (χ0v) is 9.76. The van der Waals surface area contributed by atoms with Crippen LogP contribution in [-0.4, -0.2) is 5.60 Å². The highest BCUT2D eigenvalue weighted by atomic mass is 16.5. The molecule has 1 aliphatic carbocycles. The number of fused-ring (bicyclic) bond motifs is 3. The monoisotopic (exact) mass is 202 g/mol. The minimum absolute atomic E-state index is 0.0981. The number of aryl methyl sites for hydroxylation is 2. The predicted octanol–water partition coefficient (Wildman–Crippen LogP) is 3.72. The van der Waals surface area contributed by atoms with E-state index in [0.717, 1.165) is 0 Å². The lowest BCUT2D eigenvalue weighted by molar-refractivity contribution is 0.107. The van der Waals surface area contributed by atoms with E-state index in [0.29, 0.717) is 5.92 Å². The van der Waals surface area contributed by atoms with E-state index in [9.17, 15) is 0 Å². The Morgan fingerprint density at radius 3 is 2.93 bits per heavy atom. The Kier molecular flexibility index (Phi) is 1.72. The van der Waals surface area contributed by atoms with Crippen molar-refractivity contribution in [2.45, 2.75) is 51.6 Å². The molecule has 1 heterocycles. The minimum atomic E-state index is 0.0981. The van der Waals surface area contributed by atoms with Crippen molar-refractivity contribution in [1.29, 1.82) is 0 Å². The maximum absolute atomic E-state index is 6.20. The molecule has 0 radical (unpaired) electrons. The van der Waals surface area contributed by atoms with Crippen LogP contribution in [0.5, 0.6) is 5.75 Å². The molecule has 0 spiro atoms. The molecule has 1 fully saturated rings. The molecule has 1 aromatic rings. The second kappa shape index (κ2) is 2.78. The summed E-state index contributed by atoms with van der Waals surface area (Å²) in [5.41, 5.74) is 4.24. The molecule has 1 saturated carbocycles. The normalized spacial score (nSPS) is 32.3. The molecule has 80 valence electrons. The van der Waals surface area contributed by atoms with Crippen molar-refractivity contribution in [3.05, 3.63) is 28.8 Å². The third-order valence-corrected chi connectivity index (χ3v) is 4.06. The van der Waals surface area contributed by atoms with Gasteiger partial charge in [0.1, 0.15) is 11.4 Å². The molecule has 0 saturated heterocycles. The van der Waals surface area contributed by atoms with E-state index in [1.165, 1.54) is 41.7 Å². The molecule has 2 atom stereocenters. The summed E-state index contributed by atoms with van der Waals surface area (Å²) in [5, 5.41) is 0. The number of hydrogen-bond donors (Lipinski definition) is 0. The summed E-state index contributed by atoms with van der Waals surface area (Å²) in [6, 6.07) is 4.55. The Balaban J connectivity index is 2.18. The number of ether oxygens (including phenoxy) is 1. The molecule has 15 heavy (non-hydrogen) atoms. The number of benzene rings is 1. The van der Waals surface area contributed by atoms with Gasteiger partial charge in [-0.3, -0.25) is 0 Å². The molecule has 1 heteroatoms. The molecule has 0 aromatic heterocycles. The third kappa shape index (κ3) is 1.15. The van der Waals surface area contributed by atoms with E-state index in [-0.39, 0.29) is 5.60 Å². The van der Waals surface area contributed by atoms with Crippen LogP contribution >= 0.6 is 0 Å². The average Bonchev–Trinajstić information content (AvgIpc) is 2.62. The standard InChI is InChI=1S/C14H18O/c1-9-7-10(2)13-11(8-9)12-5-4-6-14(12,3)15-13/h7-8,12H,4-6H2,1-3H3. The molecule has 0 bridgehead atoms. The first-order chi connectivity index (χ1) is 7.10. The molecule has 1 nitrogen and oxygen atoms in total. The largest absolute Gasteiger partial charge is 0.486 e. The van der Waals surface area contributed by atoms with Gasteiger partial charge < -0.3 is 4.74 Å². The Morgan fingerprint density at radius 1 is 1.33 bits per heavy atom. The van der Waals surface area contributed by atoms with Crippen LogP contribution in [-0.2, 0) is 0 Å². The van der Waals surface area contributed by atoms with Crippen molar-refractivity contribution in [3.63, 3.8) is 0 Å². The van der Waals surface area contributed by atoms with Gasteiger partial charge in [-0.25, -0.2) is 0 Å². The van der Waals surface area contributed by atoms with Crippen LogP contribution in [0.3, 0.4) is 0 Å². The van der Waals surface area contributed by atoms with Crippen LogP contribution in [0.2, 0.25) is 0 Å². The third-order valence-electron chi connectivity index (χ3n) is 4.06. The summed E-state index contributed by atoms with van der Waals surface area (Å²) < 4.78 is 6.20. The summed E-state index contributed by atoms with van der Waals surface area (Å²) in [7, 11) is 0. The SMILES string of the molecule is Cc1cc(C)c2c(c1)C1CCCC1(C)O2. The van der Waals surface area contributed by atoms with Gasteiger partial charge >= 0.3 is 0 Å². The predicted molar refractivity (Wildman–Crippen MR) is 61.5 cm³/mol. The molecule has 0 N–H and O–H groups in total. The highest BCUT2D eigenvalue weighted by Crippen LogP contribution is 2.54. The van der Waals surface area contributed by atoms with Gasteiger partial charge in [0.05, 0.1) is 0 Å². The second-order valence-electron chi connectivity index (χ2n) is 5.36. The maximum atomic E-state index is 6.20. The Labute approximate surface area is 91.5 Å². The maximum Gasteiger partial charge on any atom is 0.126 e. The van der Waals surface area contributed by atoms with Gasteiger partial charge in [0, 0.05) is 11.5 Å². The van der Waals surface area contributed by atoms with E-state index in [1.807, 2.05) is 0 Å². The molecular formula is C14H18O. The van der Waals surface area contributed by atoms with Gasteiger partial charge in [-0.05, 0) is 45.6 Å². The van der Waals surface area contributed by atoms with Gasteiger partial charge in [0.25, 0.3) is 0 Å². The van der Waals surface area contributed by atoms with Crippen molar-refractivity contribution < 1.29 is 4.74 Å². The van der Waals surface area contributed by atoms with E-state index < -0.39 is 0 Å². The Bertz CT molecular complexity index is 422. The lowest BCUT2D eigenvalue weighted by atomic mass is 9.87. The Morgan fingerprint density at radius 2 is 2.13 bits per heavy atom. The topological polar surface area (TPSA) is 9.23 Å². The molecule has 1 aromatic carbocycles. The fourth-order valence-corrected chi connectivity index (χ4v) is 3.36. The Hall–Kier alpha value is -0.980. The first-order valence-electron chi connectivity index (χ1n) is 5.90. The quantitative estimate of drug-likeness (QED) is 0.623. The van der Waals surface area contributed by atoms with Gasteiger partial charge in [-0.2, -0.15) is 0 Å². The zero-order chi connectivity index (χ0) is 10.6. The lowest BCUT2D eigenvalue weighted by Gasteiger charge is -2.23. The minimum Gasteiger partial charge on any atom is -0.486 e. The lowest BCUT2D eigenvalue weighted by Crippen LogP contribution is -2.29. The summed E-state index contributed by atoms with van der Waals surface area (Å²) in [6.45, 7) is 6.62. The summed E-state index contributed by atoms with van der Waals surface area (Å²) in [4.78, 5) is 0. The van der Waals surface area contributed by atoms with Crippen molar-refractivity contribution in [2.75, 3.05) is 0 Å². The van der Waals surface area contributed by atoms with Crippen LogP contribution in [0, 0.1) is 13.8 Å². The smallest absolute Gasteiger partial charge is 0.126 e. The van der Waals surface area contributed by atoms with E-state index in [4.69, 9.17) is 4.74 Å². The zero-order valence-electron chi connectivity index (χ0n) is 9.76. The molecule has 0 amide bonds. The van der Waals surface area contributed by atoms with Gasteiger partial charge in [-0.15, -0.1) is 0 Å². The van der Waals surface area contributed by atoms with Crippen LogP contribution in [0.25, 0.3) is 0 Å². The van der Waals surface area contributed by atoms with E-state index in [2.05, 4.69) is 32.9 Å². The first-order valence-corrected chi connectivity index (χ1v) is 5.90. The molecule has 2 aliphatic rings. The van der Waals surface area contributed by atoms with Gasteiger partial charge in [0.15, 0.2) is 0 Å². The highest BCUT2D eigenvalue weighted by Gasteiger charge is 2.48. The van der Waals surface area contributed by atoms with Crippen molar-refractivity contribution in [1.82, 2.24) is 0 Å². The van der Waals surface area contributed by atoms with Crippen LogP contribution in [0.1, 0.15) is 48.8 Å².